The number of carbonyl (C=O) groups is 1. The van der Waals surface area contributed by atoms with Crippen LogP contribution >= 0.6 is 0 Å². The lowest BCUT2D eigenvalue weighted by molar-refractivity contribution is -0.134. The van der Waals surface area contributed by atoms with E-state index in [9.17, 15) is 4.79 Å². The fourth-order valence-corrected chi connectivity index (χ4v) is 3.17. The number of methoxy groups -OCH3 is 1. The van der Waals surface area contributed by atoms with Crippen LogP contribution in [0.5, 0.6) is 0 Å². The molecule has 1 amide bonds. The maximum Gasteiger partial charge on any atom is 0.248 e. The molecule has 7 nitrogen and oxygen atoms in total. The molecule has 0 aliphatic carbocycles. The van der Waals surface area contributed by atoms with Crippen molar-refractivity contribution in [2.75, 3.05) is 26.8 Å². The van der Waals surface area contributed by atoms with Gasteiger partial charge in [-0.25, -0.2) is 4.98 Å². The van der Waals surface area contributed by atoms with Gasteiger partial charge in [-0.3, -0.25) is 14.8 Å². The third-order valence-corrected chi connectivity index (χ3v) is 4.63. The highest BCUT2D eigenvalue weighted by Gasteiger charge is 2.27. The SMILES string of the molecule is COCC(=O)N1CC[C@@H](Cc2nccnc2-c2cnc(C)n2C)C1. The number of hydrogen-bond acceptors (Lipinski definition) is 5. The molecule has 0 spiro atoms. The molecular formula is C17H23N5O2. The Morgan fingerprint density at radius 2 is 2.12 bits per heavy atom. The molecule has 1 aliphatic rings. The molecule has 7 heteroatoms. The van der Waals surface area contributed by atoms with Crippen LogP contribution < -0.4 is 0 Å². The minimum Gasteiger partial charge on any atom is -0.375 e. The zero-order valence-corrected chi connectivity index (χ0v) is 14.4. The highest BCUT2D eigenvalue weighted by molar-refractivity contribution is 5.77. The minimum absolute atomic E-state index is 0.0571. The third-order valence-electron chi connectivity index (χ3n) is 4.63. The second-order valence-corrected chi connectivity index (χ2v) is 6.23. The van der Waals surface area contributed by atoms with Crippen molar-refractivity contribution >= 4 is 5.91 Å². The minimum atomic E-state index is 0.0571. The van der Waals surface area contributed by atoms with Gasteiger partial charge in [0, 0.05) is 39.6 Å². The van der Waals surface area contributed by atoms with Gasteiger partial charge in [-0.2, -0.15) is 0 Å². The van der Waals surface area contributed by atoms with Crippen LogP contribution in [0.25, 0.3) is 11.4 Å². The Hall–Kier alpha value is -2.28. The summed E-state index contributed by atoms with van der Waals surface area (Å²) in [5.74, 6) is 1.40. The molecule has 24 heavy (non-hydrogen) atoms. The van der Waals surface area contributed by atoms with Gasteiger partial charge in [0.1, 0.15) is 18.1 Å². The van der Waals surface area contributed by atoms with Gasteiger partial charge < -0.3 is 14.2 Å². The fraction of sp³-hybridized carbons (Fsp3) is 0.529. The van der Waals surface area contributed by atoms with Crippen molar-refractivity contribution in [2.24, 2.45) is 13.0 Å². The number of rotatable bonds is 5. The quantitative estimate of drug-likeness (QED) is 0.825. The lowest BCUT2D eigenvalue weighted by Crippen LogP contribution is -2.31. The lowest BCUT2D eigenvalue weighted by atomic mass is 10.0. The molecule has 1 aliphatic heterocycles. The molecule has 0 saturated carbocycles. The molecule has 0 N–H and O–H groups in total. The molecule has 1 atom stereocenters. The average Bonchev–Trinajstić information content (AvgIpc) is 3.17. The van der Waals surface area contributed by atoms with Crippen LogP contribution in [0.15, 0.2) is 18.6 Å². The normalized spacial score (nSPS) is 17.5. The summed E-state index contributed by atoms with van der Waals surface area (Å²) < 4.78 is 6.96. The summed E-state index contributed by atoms with van der Waals surface area (Å²) in [7, 11) is 3.53. The summed E-state index contributed by atoms with van der Waals surface area (Å²) in [4.78, 5) is 27.2. The number of aryl methyl sites for hydroxylation is 1. The van der Waals surface area contributed by atoms with Crippen molar-refractivity contribution in [3.63, 3.8) is 0 Å². The van der Waals surface area contributed by atoms with E-state index in [4.69, 9.17) is 4.74 Å². The Balaban J connectivity index is 1.75. The van der Waals surface area contributed by atoms with Gasteiger partial charge in [-0.1, -0.05) is 0 Å². The first-order valence-corrected chi connectivity index (χ1v) is 8.15. The van der Waals surface area contributed by atoms with E-state index in [0.717, 1.165) is 48.8 Å². The standard InChI is InChI=1S/C17H23N5O2/c1-12-20-9-15(21(12)2)17-14(18-5-6-19-17)8-13-4-7-22(10-13)16(23)11-24-3/h5-6,9,13H,4,7-8,10-11H2,1-3H3/t13-/m0/s1. The van der Waals surface area contributed by atoms with Crippen molar-refractivity contribution in [1.82, 2.24) is 24.4 Å². The van der Waals surface area contributed by atoms with Crippen molar-refractivity contribution in [1.29, 1.82) is 0 Å². The van der Waals surface area contributed by atoms with Gasteiger partial charge >= 0.3 is 0 Å². The molecule has 2 aromatic rings. The molecule has 1 saturated heterocycles. The van der Waals surface area contributed by atoms with Crippen molar-refractivity contribution < 1.29 is 9.53 Å². The number of hydrogen-bond donors (Lipinski definition) is 0. The Bertz CT molecular complexity index is 728. The predicted molar refractivity (Wildman–Crippen MR) is 89.2 cm³/mol. The fourth-order valence-electron chi connectivity index (χ4n) is 3.17. The largest absolute Gasteiger partial charge is 0.375 e. The first kappa shape index (κ1) is 16.6. The van der Waals surface area contributed by atoms with Crippen LogP contribution in [-0.4, -0.2) is 57.1 Å². The number of imidazole rings is 1. The van der Waals surface area contributed by atoms with Crippen LogP contribution in [0.2, 0.25) is 0 Å². The molecule has 3 heterocycles. The van der Waals surface area contributed by atoms with Crippen LogP contribution in [0.4, 0.5) is 0 Å². The van der Waals surface area contributed by atoms with Crippen molar-refractivity contribution in [3.05, 3.63) is 30.1 Å². The second-order valence-electron chi connectivity index (χ2n) is 6.23. The molecule has 3 rings (SSSR count). The zero-order chi connectivity index (χ0) is 17.1. The number of aromatic nitrogens is 4. The summed E-state index contributed by atoms with van der Waals surface area (Å²) in [5.41, 5.74) is 2.81. The number of likely N-dealkylation sites (tertiary alicyclic amines) is 1. The van der Waals surface area contributed by atoms with Crippen molar-refractivity contribution in [3.8, 4) is 11.4 Å². The molecular weight excluding hydrogens is 306 g/mol. The van der Waals surface area contributed by atoms with E-state index in [0.29, 0.717) is 5.92 Å². The first-order chi connectivity index (χ1) is 11.6. The molecule has 0 bridgehead atoms. The van der Waals surface area contributed by atoms with Crippen molar-refractivity contribution in [2.45, 2.75) is 19.8 Å². The molecule has 1 fully saturated rings. The maximum absolute atomic E-state index is 11.9. The van der Waals surface area contributed by atoms with E-state index in [1.807, 2.05) is 29.6 Å². The number of carbonyl (C=O) groups excluding carboxylic acids is 1. The number of amides is 1. The summed E-state index contributed by atoms with van der Waals surface area (Å²) in [6.45, 7) is 3.66. The molecule has 128 valence electrons. The summed E-state index contributed by atoms with van der Waals surface area (Å²) in [6.07, 6.45) is 7.07. The number of nitrogens with zero attached hydrogens (tertiary/aromatic N) is 5. The Morgan fingerprint density at radius 3 is 2.83 bits per heavy atom. The maximum atomic E-state index is 11.9. The monoisotopic (exact) mass is 329 g/mol. The molecule has 2 aromatic heterocycles. The predicted octanol–water partition coefficient (Wildman–Crippen LogP) is 1.22. The lowest BCUT2D eigenvalue weighted by Gasteiger charge is -2.16. The van der Waals surface area contributed by atoms with Crippen LogP contribution in [-0.2, 0) is 23.0 Å². The van der Waals surface area contributed by atoms with Gasteiger partial charge in [0.2, 0.25) is 5.91 Å². The van der Waals surface area contributed by atoms with Crippen LogP contribution in [0.1, 0.15) is 17.9 Å². The zero-order valence-electron chi connectivity index (χ0n) is 14.4. The van der Waals surface area contributed by atoms with E-state index in [1.54, 1.807) is 19.5 Å². The van der Waals surface area contributed by atoms with Gasteiger partial charge in [-0.15, -0.1) is 0 Å². The Morgan fingerprint density at radius 1 is 1.33 bits per heavy atom. The Labute approximate surface area is 141 Å². The first-order valence-electron chi connectivity index (χ1n) is 8.15. The molecule has 0 aromatic carbocycles. The van der Waals surface area contributed by atoms with Gasteiger partial charge in [0.05, 0.1) is 17.6 Å². The van der Waals surface area contributed by atoms with Gasteiger partial charge in [0.25, 0.3) is 0 Å². The topological polar surface area (TPSA) is 73.1 Å². The third kappa shape index (κ3) is 3.31. The summed E-state index contributed by atoms with van der Waals surface area (Å²) in [6, 6.07) is 0. The summed E-state index contributed by atoms with van der Waals surface area (Å²) >= 11 is 0. The Kier molecular flexibility index (Phi) is 4.89. The van der Waals surface area contributed by atoms with E-state index in [2.05, 4.69) is 15.0 Å². The highest BCUT2D eigenvalue weighted by atomic mass is 16.5. The van der Waals surface area contributed by atoms with Crippen LogP contribution in [0, 0.1) is 12.8 Å². The van der Waals surface area contributed by atoms with E-state index in [-0.39, 0.29) is 12.5 Å². The van der Waals surface area contributed by atoms with E-state index >= 15 is 0 Å². The average molecular weight is 329 g/mol. The highest BCUT2D eigenvalue weighted by Crippen LogP contribution is 2.26. The van der Waals surface area contributed by atoms with Gasteiger partial charge in [0.15, 0.2) is 0 Å². The summed E-state index contributed by atoms with van der Waals surface area (Å²) in [5, 5.41) is 0. The molecule has 0 radical (unpaired) electrons. The van der Waals surface area contributed by atoms with E-state index < -0.39 is 0 Å². The smallest absolute Gasteiger partial charge is 0.248 e. The molecule has 0 unspecified atom stereocenters. The van der Waals surface area contributed by atoms with Gasteiger partial charge in [-0.05, 0) is 25.7 Å². The number of ether oxygens (including phenoxy) is 1. The second kappa shape index (κ2) is 7.09. The van der Waals surface area contributed by atoms with E-state index in [1.165, 1.54) is 0 Å². The van der Waals surface area contributed by atoms with Crippen LogP contribution in [0.3, 0.4) is 0 Å².